The standard InChI is InChI=1S/C40H32N3O.C19H26NSi.Ir/c1-24(2)32-21-27(26-13-6-5-7-14-26)22-33(25(3)4)38(32)43-35-23-41-34-19-10-8-16-30(34)37(35)42-40(43)31-18-12-17-29-28-15-9-11-20-36(28)44-39(29)31;1-19(2,3)13-16-12-17(15-10-8-7-9-11-15)20-14-18(16)21(4,5)6;/h5-17,19-25H,1-4H3;7-10,12,14H,13H2,1-6H3;/q2*-1;. The van der Waals surface area contributed by atoms with Crippen LogP contribution in [0.25, 0.3) is 83.3 Å². The van der Waals surface area contributed by atoms with E-state index in [4.69, 9.17) is 19.4 Å². The van der Waals surface area contributed by atoms with E-state index < -0.39 is 8.07 Å². The Morgan fingerprint density at radius 1 is 0.667 bits per heavy atom. The Kier molecular flexibility index (Phi) is 13.2. The van der Waals surface area contributed by atoms with Crippen molar-refractivity contribution in [1.82, 2.24) is 19.5 Å². The molecule has 0 aliphatic carbocycles. The van der Waals surface area contributed by atoms with Gasteiger partial charge >= 0.3 is 0 Å². The van der Waals surface area contributed by atoms with Crippen molar-refractivity contribution in [1.29, 1.82) is 0 Å². The van der Waals surface area contributed by atoms with Crippen LogP contribution < -0.4 is 5.19 Å². The van der Waals surface area contributed by atoms with E-state index in [0.29, 0.717) is 0 Å². The van der Waals surface area contributed by atoms with Crippen LogP contribution in [0.2, 0.25) is 19.6 Å². The number of hydrogen-bond donors (Lipinski definition) is 0. The Morgan fingerprint density at radius 3 is 2.00 bits per heavy atom. The molecule has 0 saturated carbocycles. The predicted octanol–water partition coefficient (Wildman–Crippen LogP) is 15.5. The molecule has 0 N–H and O–H groups in total. The van der Waals surface area contributed by atoms with Crippen molar-refractivity contribution in [3.05, 3.63) is 175 Å². The molecule has 1 radical (unpaired) electrons. The molecule has 0 aliphatic heterocycles. The second kappa shape index (κ2) is 18.7. The van der Waals surface area contributed by atoms with Crippen molar-refractivity contribution >= 4 is 57.1 Å². The van der Waals surface area contributed by atoms with Gasteiger partial charge in [0.1, 0.15) is 5.58 Å². The Hall–Kier alpha value is -5.98. The summed E-state index contributed by atoms with van der Waals surface area (Å²) in [6.45, 7) is 23.2. The van der Waals surface area contributed by atoms with Gasteiger partial charge in [-0.15, -0.1) is 54.1 Å². The summed E-state index contributed by atoms with van der Waals surface area (Å²) in [7, 11) is -1.37. The summed E-state index contributed by atoms with van der Waals surface area (Å²) in [4.78, 5) is 15.0. The molecule has 0 fully saturated rings. The summed E-state index contributed by atoms with van der Waals surface area (Å²) in [5.74, 6) is 1.32. The first-order valence-corrected chi connectivity index (χ1v) is 26.4. The number of para-hydroxylation sites is 2. The number of furan rings is 1. The van der Waals surface area contributed by atoms with Crippen LogP contribution in [0.3, 0.4) is 0 Å². The van der Waals surface area contributed by atoms with Crippen molar-refractivity contribution < 1.29 is 24.5 Å². The summed E-state index contributed by atoms with van der Waals surface area (Å²) >= 11 is 0. The molecule has 4 heterocycles. The fourth-order valence-electron chi connectivity index (χ4n) is 9.12. The maximum atomic E-state index is 6.54. The minimum absolute atomic E-state index is 0. The number of pyridine rings is 2. The van der Waals surface area contributed by atoms with E-state index in [1.807, 2.05) is 54.7 Å². The summed E-state index contributed by atoms with van der Waals surface area (Å²) in [5, 5.41) is 4.66. The number of nitrogens with zero attached hydrogens (tertiary/aromatic N) is 4. The zero-order valence-corrected chi connectivity index (χ0v) is 43.1. The summed E-state index contributed by atoms with van der Waals surface area (Å²) in [6.07, 6.45) is 5.19. The molecule has 7 heteroatoms. The van der Waals surface area contributed by atoms with Crippen molar-refractivity contribution in [3.8, 4) is 39.5 Å². The van der Waals surface area contributed by atoms with Gasteiger partial charge < -0.3 is 14.0 Å². The fraction of sp³-hybridized carbons (Fsp3) is 0.237. The van der Waals surface area contributed by atoms with Gasteiger partial charge in [-0.05, 0) is 81.1 Å². The maximum Gasteiger partial charge on any atom is 0.120 e. The van der Waals surface area contributed by atoms with Crippen LogP contribution in [-0.4, -0.2) is 27.6 Å². The number of aromatic nitrogens is 4. The number of benzene rings is 6. The van der Waals surface area contributed by atoms with Gasteiger partial charge in [0.15, 0.2) is 0 Å². The van der Waals surface area contributed by atoms with Gasteiger partial charge in [0.2, 0.25) is 0 Å². The zero-order valence-electron chi connectivity index (χ0n) is 39.7. The molecule has 6 aromatic carbocycles. The van der Waals surface area contributed by atoms with Crippen LogP contribution >= 0.6 is 0 Å². The third-order valence-corrected chi connectivity index (χ3v) is 14.3. The molecule has 10 aromatic rings. The monoisotopic (exact) mass is 1060 g/mol. The molecule has 0 atom stereocenters. The number of rotatable bonds is 8. The average Bonchev–Trinajstić information content (AvgIpc) is 3.88. The first-order chi connectivity index (χ1) is 31.2. The second-order valence-corrected chi connectivity index (χ2v) is 25.2. The van der Waals surface area contributed by atoms with Crippen molar-refractivity contribution in [2.24, 2.45) is 5.41 Å². The first-order valence-electron chi connectivity index (χ1n) is 22.9. The molecule has 335 valence electrons. The molecule has 10 rings (SSSR count). The van der Waals surface area contributed by atoms with Crippen LogP contribution in [-0.2, 0) is 26.5 Å². The fourth-order valence-corrected chi connectivity index (χ4v) is 10.7. The van der Waals surface area contributed by atoms with E-state index in [1.54, 1.807) is 0 Å². The minimum Gasteiger partial charge on any atom is -0.501 e. The largest absolute Gasteiger partial charge is 0.501 e. The van der Waals surface area contributed by atoms with E-state index in [-0.39, 0.29) is 37.4 Å². The van der Waals surface area contributed by atoms with Gasteiger partial charge in [0.05, 0.1) is 42.2 Å². The van der Waals surface area contributed by atoms with E-state index in [1.165, 1.54) is 33.0 Å². The predicted molar refractivity (Wildman–Crippen MR) is 276 cm³/mol. The van der Waals surface area contributed by atoms with Crippen LogP contribution in [0.1, 0.15) is 77.0 Å². The number of imidazole rings is 1. The van der Waals surface area contributed by atoms with Crippen LogP contribution in [0.5, 0.6) is 0 Å². The van der Waals surface area contributed by atoms with Gasteiger partial charge in [-0.3, -0.25) is 9.97 Å². The number of hydrogen-bond acceptors (Lipinski definition) is 4. The topological polar surface area (TPSA) is 56.7 Å². The quantitative estimate of drug-likeness (QED) is 0.112. The third-order valence-electron chi connectivity index (χ3n) is 12.2. The molecule has 0 amide bonds. The molecule has 0 unspecified atom stereocenters. The third kappa shape index (κ3) is 9.22. The molecule has 4 aromatic heterocycles. The molecule has 0 aliphatic rings. The van der Waals surface area contributed by atoms with Crippen molar-refractivity contribution in [2.75, 3.05) is 0 Å². The van der Waals surface area contributed by atoms with Crippen LogP contribution in [0.4, 0.5) is 0 Å². The van der Waals surface area contributed by atoms with E-state index >= 15 is 0 Å². The van der Waals surface area contributed by atoms with Crippen LogP contribution in [0.15, 0.2) is 150 Å². The summed E-state index contributed by atoms with van der Waals surface area (Å²) in [6, 6.07) is 53.1. The molecule has 0 spiro atoms. The maximum absolute atomic E-state index is 6.54. The number of fused-ring (bicyclic) bond motifs is 6. The van der Waals surface area contributed by atoms with Gasteiger partial charge in [0, 0.05) is 42.8 Å². The minimum atomic E-state index is -1.37. The van der Waals surface area contributed by atoms with E-state index in [2.05, 4.69) is 176 Å². The molecule has 5 nitrogen and oxygen atoms in total. The average molecular weight is 1060 g/mol. The van der Waals surface area contributed by atoms with E-state index in [0.717, 1.165) is 78.6 Å². The molecule has 66 heavy (non-hydrogen) atoms. The Balaban J connectivity index is 0.000000228. The molecular formula is C59H58IrN4OSi-2. The summed E-state index contributed by atoms with van der Waals surface area (Å²) in [5.41, 5.74) is 15.3. The van der Waals surface area contributed by atoms with Crippen molar-refractivity contribution in [3.63, 3.8) is 0 Å². The van der Waals surface area contributed by atoms with Gasteiger partial charge in [-0.1, -0.05) is 157 Å². The summed E-state index contributed by atoms with van der Waals surface area (Å²) < 4.78 is 8.87. The second-order valence-electron chi connectivity index (χ2n) is 20.1. The SMILES string of the molecule is CC(C)(C)Cc1cc(-c2[c-]cccc2)ncc1[Si](C)(C)C.CC(C)c1cc(-c2ccccc2)cc(C(C)C)c1-n1c(-c2[c-]ccc3c2oc2ccccc23)nc2c3ccccc3ncc21.[Ir]. The normalized spacial score (nSPS) is 12.0. The molecule has 0 saturated heterocycles. The smallest absolute Gasteiger partial charge is 0.120 e. The Labute approximate surface area is 404 Å². The first kappa shape index (κ1) is 46.5. The zero-order chi connectivity index (χ0) is 45.6. The van der Waals surface area contributed by atoms with Gasteiger partial charge in [0.25, 0.3) is 0 Å². The van der Waals surface area contributed by atoms with Crippen LogP contribution in [0, 0.1) is 17.5 Å². The molecular weight excluding hydrogens is 1000 g/mol. The Morgan fingerprint density at radius 2 is 1.33 bits per heavy atom. The Bertz CT molecular complexity index is 3290. The molecule has 0 bridgehead atoms. The van der Waals surface area contributed by atoms with Gasteiger partial charge in [-0.25, -0.2) is 0 Å². The van der Waals surface area contributed by atoms with E-state index in [9.17, 15) is 0 Å². The van der Waals surface area contributed by atoms with Gasteiger partial charge in [-0.2, -0.15) is 0 Å². The van der Waals surface area contributed by atoms with Crippen molar-refractivity contribution in [2.45, 2.75) is 86.4 Å².